The first-order valence-corrected chi connectivity index (χ1v) is 5.68. The molecule has 0 heterocycles. The number of aliphatic hydroxyl groups is 1. The molecule has 0 aromatic rings. The van der Waals surface area contributed by atoms with Gasteiger partial charge in [0.1, 0.15) is 0 Å². The van der Waals surface area contributed by atoms with Gasteiger partial charge in [-0.1, -0.05) is 19.8 Å². The number of rotatable bonds is 7. The maximum absolute atomic E-state index is 10.8. The van der Waals surface area contributed by atoms with Gasteiger partial charge in [0, 0.05) is 0 Å². The summed E-state index contributed by atoms with van der Waals surface area (Å²) in [5, 5.41) is 8.35. The van der Waals surface area contributed by atoms with E-state index in [-0.39, 0.29) is 56.7 Å². The van der Waals surface area contributed by atoms with Crippen LogP contribution < -0.4 is 0 Å². The van der Waals surface area contributed by atoms with E-state index in [1.165, 1.54) is 0 Å². The molecule has 0 amide bonds. The van der Waals surface area contributed by atoms with Crippen molar-refractivity contribution < 1.29 is 17.7 Å². The Labute approximate surface area is 110 Å². The van der Waals surface area contributed by atoms with Crippen LogP contribution in [0.1, 0.15) is 26.2 Å². The second-order valence-electron chi connectivity index (χ2n) is 2.51. The average Bonchev–Trinajstić information content (AvgIpc) is 1.98. The Balaban J connectivity index is 0. The van der Waals surface area contributed by atoms with Crippen LogP contribution >= 0.6 is 0 Å². The van der Waals surface area contributed by atoms with Gasteiger partial charge in [-0.15, -0.1) is 0 Å². The summed E-state index contributed by atoms with van der Waals surface area (Å²) in [5.41, 5.74) is 0. The van der Waals surface area contributed by atoms with E-state index in [0.29, 0.717) is 0 Å². The molecule has 0 aliphatic heterocycles. The first kappa shape index (κ1) is 16.6. The van der Waals surface area contributed by atoms with Crippen LogP contribution in [0.25, 0.3) is 0 Å². The molecule has 0 radical (unpaired) electrons. The van der Waals surface area contributed by atoms with Crippen LogP contribution in [0.3, 0.4) is 0 Å². The molecule has 4 nitrogen and oxygen atoms in total. The van der Waals surface area contributed by atoms with Crippen LogP contribution in [0.5, 0.6) is 0 Å². The third kappa shape index (κ3) is 11.1. The third-order valence-electron chi connectivity index (χ3n) is 1.35. The predicted molar refractivity (Wildman–Crippen MR) is 54.9 cm³/mol. The van der Waals surface area contributed by atoms with Crippen molar-refractivity contribution in [2.24, 2.45) is 0 Å². The van der Waals surface area contributed by atoms with Gasteiger partial charge < -0.3 is 5.11 Å². The number of aliphatic hydroxyl groups excluding tert-OH is 1. The molecule has 0 aromatic carbocycles. The van der Waals surface area contributed by atoms with Gasteiger partial charge in [-0.3, -0.25) is 4.18 Å². The quantitative estimate of drug-likeness (QED) is 0.372. The standard InChI is InChI=1S/C7H16O4S.Ca.2H/c1-2-3-4-6-11-12(9,10)7-5-8;;;/h8H,2-7H2,1H3;;;. The fourth-order valence-electron chi connectivity index (χ4n) is 0.709. The van der Waals surface area contributed by atoms with Gasteiger partial charge in [0.15, 0.2) is 0 Å². The summed E-state index contributed by atoms with van der Waals surface area (Å²) in [4.78, 5) is 0. The van der Waals surface area contributed by atoms with Crippen LogP contribution in [0.2, 0.25) is 0 Å². The molecule has 0 aliphatic carbocycles. The van der Waals surface area contributed by atoms with Gasteiger partial charge in [0.25, 0.3) is 10.1 Å². The minimum absolute atomic E-state index is 0. The van der Waals surface area contributed by atoms with E-state index in [1.54, 1.807) is 0 Å². The summed E-state index contributed by atoms with van der Waals surface area (Å²) in [6.07, 6.45) is 2.75. The minimum atomic E-state index is -3.46. The molecule has 1 N–H and O–H groups in total. The molecular formula is C7H18CaO4S. The van der Waals surface area contributed by atoms with Crippen molar-refractivity contribution in [1.29, 1.82) is 0 Å². The monoisotopic (exact) mass is 238 g/mol. The van der Waals surface area contributed by atoms with Crippen molar-refractivity contribution >= 4 is 47.9 Å². The van der Waals surface area contributed by atoms with E-state index in [1.807, 2.05) is 6.92 Å². The molecule has 0 atom stereocenters. The van der Waals surface area contributed by atoms with E-state index < -0.39 is 10.1 Å². The molecule has 13 heavy (non-hydrogen) atoms. The topological polar surface area (TPSA) is 63.6 Å². The maximum atomic E-state index is 10.8. The van der Waals surface area contributed by atoms with Crippen molar-refractivity contribution in [1.82, 2.24) is 0 Å². The van der Waals surface area contributed by atoms with Crippen LogP contribution in [-0.2, 0) is 14.3 Å². The molecule has 0 saturated heterocycles. The molecule has 0 spiro atoms. The second-order valence-corrected chi connectivity index (χ2v) is 4.27. The summed E-state index contributed by atoms with van der Waals surface area (Å²) >= 11 is 0. The van der Waals surface area contributed by atoms with Crippen molar-refractivity contribution in [3.63, 3.8) is 0 Å². The molecule has 6 heteroatoms. The Morgan fingerprint density at radius 1 is 1.31 bits per heavy atom. The van der Waals surface area contributed by atoms with E-state index in [4.69, 9.17) is 5.11 Å². The second kappa shape index (κ2) is 9.68. The molecule has 0 fully saturated rings. The Bertz CT molecular complexity index is 191. The summed E-state index contributed by atoms with van der Waals surface area (Å²) in [5.74, 6) is -0.306. The fraction of sp³-hybridized carbons (Fsp3) is 1.00. The van der Waals surface area contributed by atoms with Crippen molar-refractivity contribution in [3.05, 3.63) is 0 Å². The van der Waals surface area contributed by atoms with Gasteiger partial charge in [-0.05, 0) is 6.42 Å². The first-order chi connectivity index (χ1) is 5.62. The fourth-order valence-corrected chi connectivity index (χ4v) is 1.42. The van der Waals surface area contributed by atoms with E-state index in [2.05, 4.69) is 4.18 Å². The summed E-state index contributed by atoms with van der Waals surface area (Å²) in [6, 6.07) is 0. The SMILES string of the molecule is CCCCCOS(=O)(=O)CCO.[CaH2]. The van der Waals surface area contributed by atoms with E-state index in [9.17, 15) is 8.42 Å². The zero-order chi connectivity index (χ0) is 9.45. The molecule has 0 aliphatic rings. The van der Waals surface area contributed by atoms with Crippen molar-refractivity contribution in [2.45, 2.75) is 26.2 Å². The van der Waals surface area contributed by atoms with Gasteiger partial charge >= 0.3 is 37.7 Å². The van der Waals surface area contributed by atoms with Crippen molar-refractivity contribution in [3.8, 4) is 0 Å². The van der Waals surface area contributed by atoms with Crippen LogP contribution in [0.15, 0.2) is 0 Å². The number of hydrogen-bond acceptors (Lipinski definition) is 4. The number of unbranched alkanes of at least 4 members (excludes halogenated alkanes) is 2. The van der Waals surface area contributed by atoms with Crippen LogP contribution in [-0.4, -0.2) is 70.2 Å². The molecule has 0 rings (SSSR count). The molecule has 0 unspecified atom stereocenters. The first-order valence-electron chi connectivity index (χ1n) is 4.10. The Morgan fingerprint density at radius 3 is 2.38 bits per heavy atom. The van der Waals surface area contributed by atoms with Gasteiger partial charge in [0.05, 0.1) is 19.0 Å². The van der Waals surface area contributed by atoms with Gasteiger partial charge in [-0.25, -0.2) is 0 Å². The molecule has 0 bridgehead atoms. The van der Waals surface area contributed by atoms with Crippen molar-refractivity contribution in [2.75, 3.05) is 19.0 Å². The number of hydrogen-bond donors (Lipinski definition) is 1. The zero-order valence-electron chi connectivity index (χ0n) is 7.32. The Hall–Kier alpha value is 1.13. The molecule has 78 valence electrons. The summed E-state index contributed by atoms with van der Waals surface area (Å²) in [7, 11) is -3.46. The molecule has 0 aromatic heterocycles. The average molecular weight is 238 g/mol. The Morgan fingerprint density at radius 2 is 1.92 bits per heavy atom. The summed E-state index contributed by atoms with van der Waals surface area (Å²) < 4.78 is 26.2. The molecular weight excluding hydrogens is 220 g/mol. The van der Waals surface area contributed by atoms with Gasteiger partial charge in [0.2, 0.25) is 0 Å². The summed E-state index contributed by atoms with van der Waals surface area (Å²) in [6.45, 7) is 1.88. The predicted octanol–water partition coefficient (Wildman–Crippen LogP) is -0.401. The van der Waals surface area contributed by atoms with Gasteiger partial charge in [-0.2, -0.15) is 8.42 Å². The molecule has 0 saturated carbocycles. The van der Waals surface area contributed by atoms with Crippen LogP contribution in [0.4, 0.5) is 0 Å². The third-order valence-corrected chi connectivity index (χ3v) is 2.56. The normalized spacial score (nSPS) is 10.9. The Kier molecular flexibility index (Phi) is 12.3. The van der Waals surface area contributed by atoms with E-state index >= 15 is 0 Å². The van der Waals surface area contributed by atoms with Crippen LogP contribution in [0, 0.1) is 0 Å². The zero-order valence-corrected chi connectivity index (χ0v) is 8.14. The van der Waals surface area contributed by atoms with E-state index in [0.717, 1.165) is 19.3 Å².